The van der Waals surface area contributed by atoms with Crippen molar-refractivity contribution in [2.45, 2.75) is 26.8 Å². The van der Waals surface area contributed by atoms with Gasteiger partial charge in [0.2, 0.25) is 5.91 Å². The number of rotatable bonds is 5. The second kappa shape index (κ2) is 7.79. The molecule has 1 fully saturated rings. The molecule has 5 nitrogen and oxygen atoms in total. The van der Waals surface area contributed by atoms with E-state index in [-0.39, 0.29) is 12.5 Å². The van der Waals surface area contributed by atoms with Gasteiger partial charge in [-0.05, 0) is 44.4 Å². The van der Waals surface area contributed by atoms with E-state index in [0.717, 1.165) is 35.4 Å². The van der Waals surface area contributed by atoms with Gasteiger partial charge in [0.1, 0.15) is 6.54 Å². The third-order valence-electron chi connectivity index (χ3n) is 4.63. The number of halogens is 2. The lowest BCUT2D eigenvalue weighted by Gasteiger charge is -2.19. The molecule has 1 aromatic carbocycles. The van der Waals surface area contributed by atoms with Gasteiger partial charge in [0.15, 0.2) is 0 Å². The number of aryl methyl sites for hydroxylation is 1. The summed E-state index contributed by atoms with van der Waals surface area (Å²) in [5.74, 6) is 0.440. The van der Waals surface area contributed by atoms with Crippen molar-refractivity contribution in [3.8, 4) is 0 Å². The molecule has 0 bridgehead atoms. The van der Waals surface area contributed by atoms with Crippen molar-refractivity contribution in [3.63, 3.8) is 0 Å². The Hall–Kier alpha value is -1.53. The first-order valence-corrected chi connectivity index (χ1v) is 9.58. The van der Waals surface area contributed by atoms with Crippen LogP contribution in [0.3, 0.4) is 0 Å². The van der Waals surface area contributed by atoms with E-state index < -0.39 is 0 Å². The number of carbonyl (C=O) groups is 1. The van der Waals surface area contributed by atoms with E-state index in [4.69, 9.17) is 11.6 Å². The minimum absolute atomic E-state index is 0.0248. The highest BCUT2D eigenvalue weighted by molar-refractivity contribution is 9.10. The summed E-state index contributed by atoms with van der Waals surface area (Å²) in [4.78, 5) is 14.6. The molecule has 3 rings (SSSR count). The summed E-state index contributed by atoms with van der Waals surface area (Å²) in [6.07, 6.45) is 1.08. The number of nitrogens with zero attached hydrogens (tertiary/aromatic N) is 3. The molecule has 2 aromatic rings. The maximum Gasteiger partial charge on any atom is 0.241 e. The molecular formula is C18H22BrClN4O. The molecule has 1 unspecified atom stereocenters. The van der Waals surface area contributed by atoms with Crippen molar-refractivity contribution in [3.05, 3.63) is 45.1 Å². The number of nitrogens with one attached hydrogen (secondary N) is 1. The van der Waals surface area contributed by atoms with Gasteiger partial charge in [-0.1, -0.05) is 33.6 Å². The Morgan fingerprint density at radius 3 is 2.92 bits per heavy atom. The standard InChI is InChI=1S/C18H22BrClN4O/c1-12-18(20)13(2)24(22-12)11-17(25)21-9-14-6-7-23(10-14)16-5-3-4-15(19)8-16/h3-5,8,14H,6-7,9-11H2,1-2H3,(H,21,25). The molecule has 0 radical (unpaired) electrons. The first-order chi connectivity index (χ1) is 11.9. The van der Waals surface area contributed by atoms with Crippen LogP contribution < -0.4 is 10.2 Å². The summed E-state index contributed by atoms with van der Waals surface area (Å²) in [6.45, 7) is 6.60. The third-order valence-corrected chi connectivity index (χ3v) is 5.67. The second-order valence-corrected chi connectivity index (χ2v) is 7.82. The van der Waals surface area contributed by atoms with Gasteiger partial charge in [-0.15, -0.1) is 0 Å². The zero-order valence-corrected chi connectivity index (χ0v) is 16.8. The molecule has 1 aliphatic heterocycles. The lowest BCUT2D eigenvalue weighted by Crippen LogP contribution is -2.33. The zero-order chi connectivity index (χ0) is 18.0. The van der Waals surface area contributed by atoms with E-state index in [9.17, 15) is 4.79 Å². The van der Waals surface area contributed by atoms with Gasteiger partial charge < -0.3 is 10.2 Å². The van der Waals surface area contributed by atoms with Gasteiger partial charge in [-0.3, -0.25) is 9.48 Å². The molecule has 7 heteroatoms. The SMILES string of the molecule is Cc1nn(CC(=O)NCC2CCN(c3cccc(Br)c3)C2)c(C)c1Cl. The van der Waals surface area contributed by atoms with Crippen molar-refractivity contribution in [2.75, 3.05) is 24.5 Å². The third kappa shape index (κ3) is 4.36. The van der Waals surface area contributed by atoms with Crippen LogP contribution in [0.25, 0.3) is 0 Å². The summed E-state index contributed by atoms with van der Waals surface area (Å²) in [6, 6.07) is 8.34. The smallest absolute Gasteiger partial charge is 0.241 e. The Labute approximate surface area is 161 Å². The van der Waals surface area contributed by atoms with Gasteiger partial charge in [0, 0.05) is 29.8 Å². The Morgan fingerprint density at radius 1 is 1.44 bits per heavy atom. The lowest BCUT2D eigenvalue weighted by molar-refractivity contribution is -0.122. The highest BCUT2D eigenvalue weighted by atomic mass is 79.9. The van der Waals surface area contributed by atoms with Crippen LogP contribution >= 0.6 is 27.5 Å². The zero-order valence-electron chi connectivity index (χ0n) is 14.4. The van der Waals surface area contributed by atoms with Crippen LogP contribution in [-0.2, 0) is 11.3 Å². The van der Waals surface area contributed by atoms with E-state index in [2.05, 4.69) is 43.4 Å². The van der Waals surface area contributed by atoms with Crippen LogP contribution in [-0.4, -0.2) is 35.3 Å². The number of amides is 1. The fourth-order valence-electron chi connectivity index (χ4n) is 3.19. The van der Waals surface area contributed by atoms with Crippen molar-refractivity contribution in [2.24, 2.45) is 5.92 Å². The normalized spacial score (nSPS) is 17.1. The van der Waals surface area contributed by atoms with Crippen LogP contribution in [0, 0.1) is 19.8 Å². The van der Waals surface area contributed by atoms with Crippen molar-refractivity contribution >= 4 is 39.1 Å². The fourth-order valence-corrected chi connectivity index (χ4v) is 3.71. The molecule has 0 spiro atoms. The number of anilines is 1. The van der Waals surface area contributed by atoms with E-state index in [1.54, 1.807) is 4.68 Å². The largest absolute Gasteiger partial charge is 0.371 e. The number of benzene rings is 1. The van der Waals surface area contributed by atoms with Crippen molar-refractivity contribution in [1.29, 1.82) is 0 Å². The Bertz CT molecular complexity index is 776. The number of carbonyl (C=O) groups excluding carboxylic acids is 1. The molecule has 1 atom stereocenters. The summed E-state index contributed by atoms with van der Waals surface area (Å²) in [5.41, 5.74) is 2.81. The molecule has 1 N–H and O–H groups in total. The fraction of sp³-hybridized carbons (Fsp3) is 0.444. The summed E-state index contributed by atoms with van der Waals surface area (Å²) < 4.78 is 2.75. The Kier molecular flexibility index (Phi) is 5.69. The van der Waals surface area contributed by atoms with Crippen molar-refractivity contribution in [1.82, 2.24) is 15.1 Å². The maximum absolute atomic E-state index is 12.2. The quantitative estimate of drug-likeness (QED) is 0.797. The molecule has 0 saturated carbocycles. The Morgan fingerprint density at radius 2 is 2.24 bits per heavy atom. The van der Waals surface area contributed by atoms with Crippen LogP contribution in [0.2, 0.25) is 5.02 Å². The topological polar surface area (TPSA) is 50.2 Å². The average molecular weight is 426 g/mol. The molecule has 2 heterocycles. The first kappa shape index (κ1) is 18.3. The number of hydrogen-bond donors (Lipinski definition) is 1. The molecule has 25 heavy (non-hydrogen) atoms. The van der Waals surface area contributed by atoms with Gasteiger partial charge in [0.25, 0.3) is 0 Å². The minimum atomic E-state index is -0.0248. The van der Waals surface area contributed by atoms with Crippen LogP contribution in [0.1, 0.15) is 17.8 Å². The van der Waals surface area contributed by atoms with Crippen LogP contribution in [0.5, 0.6) is 0 Å². The van der Waals surface area contributed by atoms with E-state index in [0.29, 0.717) is 17.5 Å². The van der Waals surface area contributed by atoms with Gasteiger partial charge >= 0.3 is 0 Å². The van der Waals surface area contributed by atoms with Gasteiger partial charge in [-0.2, -0.15) is 5.10 Å². The van der Waals surface area contributed by atoms with Crippen LogP contribution in [0.4, 0.5) is 5.69 Å². The average Bonchev–Trinajstić information content (AvgIpc) is 3.15. The molecular weight excluding hydrogens is 404 g/mol. The molecule has 0 aliphatic carbocycles. The highest BCUT2D eigenvalue weighted by Crippen LogP contribution is 2.26. The summed E-state index contributed by atoms with van der Waals surface area (Å²) in [7, 11) is 0. The molecule has 134 valence electrons. The highest BCUT2D eigenvalue weighted by Gasteiger charge is 2.23. The molecule has 1 aliphatic rings. The first-order valence-electron chi connectivity index (χ1n) is 8.40. The number of aromatic nitrogens is 2. The van der Waals surface area contributed by atoms with Gasteiger partial charge in [-0.25, -0.2) is 0 Å². The molecule has 1 saturated heterocycles. The van der Waals surface area contributed by atoms with Gasteiger partial charge in [0.05, 0.1) is 16.4 Å². The molecule has 1 aromatic heterocycles. The predicted octanol–water partition coefficient (Wildman–Crippen LogP) is 3.56. The second-order valence-electron chi connectivity index (χ2n) is 6.53. The van der Waals surface area contributed by atoms with E-state index in [1.807, 2.05) is 26.0 Å². The van der Waals surface area contributed by atoms with Crippen LogP contribution in [0.15, 0.2) is 28.7 Å². The lowest BCUT2D eigenvalue weighted by atomic mass is 10.1. The summed E-state index contributed by atoms with van der Waals surface area (Å²) in [5, 5.41) is 7.97. The number of hydrogen-bond acceptors (Lipinski definition) is 3. The monoisotopic (exact) mass is 424 g/mol. The maximum atomic E-state index is 12.2. The van der Waals surface area contributed by atoms with Crippen molar-refractivity contribution < 1.29 is 4.79 Å². The Balaban J connectivity index is 1.49. The minimum Gasteiger partial charge on any atom is -0.371 e. The summed E-state index contributed by atoms with van der Waals surface area (Å²) >= 11 is 9.64. The van der Waals surface area contributed by atoms with E-state index in [1.165, 1.54) is 5.69 Å². The molecule has 1 amide bonds. The predicted molar refractivity (Wildman–Crippen MR) is 104 cm³/mol. The van der Waals surface area contributed by atoms with E-state index >= 15 is 0 Å².